The van der Waals surface area contributed by atoms with E-state index in [9.17, 15) is 19.5 Å². The van der Waals surface area contributed by atoms with Crippen molar-refractivity contribution < 1.29 is 19.5 Å². The van der Waals surface area contributed by atoms with Crippen molar-refractivity contribution in [2.45, 2.75) is 65.7 Å². The van der Waals surface area contributed by atoms with E-state index in [4.69, 9.17) is 0 Å². The number of carboxylic acids is 1. The smallest absolute Gasteiger partial charge is 0.372 e. The Bertz CT molecular complexity index is 707. The molecule has 0 aliphatic heterocycles. The highest BCUT2D eigenvalue weighted by Gasteiger charge is 2.62. The van der Waals surface area contributed by atoms with Crippen molar-refractivity contribution in [3.63, 3.8) is 0 Å². The molecule has 3 fully saturated rings. The largest absolute Gasteiger partial charge is 0.475 e. The predicted octanol–water partition coefficient (Wildman–Crippen LogP) is 4.03. The molecule has 0 bridgehead atoms. The molecule has 0 saturated heterocycles. The van der Waals surface area contributed by atoms with Crippen molar-refractivity contribution in [2.24, 2.45) is 40.4 Å². The van der Waals surface area contributed by atoms with Crippen LogP contribution >= 0.6 is 0 Å². The molecule has 0 heterocycles. The second-order valence-electron chi connectivity index (χ2n) is 9.87. The molecule has 0 aromatic carbocycles. The summed E-state index contributed by atoms with van der Waals surface area (Å²) >= 11 is 0. The number of ketones is 2. The summed E-state index contributed by atoms with van der Waals surface area (Å²) in [6.45, 7) is 6.60. The molecule has 0 amide bonds. The molecule has 142 valence electrons. The highest BCUT2D eigenvalue weighted by molar-refractivity contribution is 6.33. The second-order valence-corrected chi connectivity index (χ2v) is 9.87. The molecule has 3 saturated carbocycles. The van der Waals surface area contributed by atoms with E-state index in [0.717, 1.165) is 38.5 Å². The van der Waals surface area contributed by atoms with Crippen molar-refractivity contribution in [1.29, 1.82) is 0 Å². The zero-order valence-corrected chi connectivity index (χ0v) is 16.1. The molecule has 1 N–H and O–H groups in total. The molecule has 26 heavy (non-hydrogen) atoms. The maximum Gasteiger partial charge on any atom is 0.372 e. The lowest BCUT2D eigenvalue weighted by molar-refractivity contribution is -0.155. The van der Waals surface area contributed by atoms with Gasteiger partial charge < -0.3 is 5.11 Å². The molecular formula is C22H30O4. The molecule has 0 aromatic rings. The maximum absolute atomic E-state index is 12.5. The first-order valence-electron chi connectivity index (χ1n) is 10.2. The van der Waals surface area contributed by atoms with Gasteiger partial charge in [0.25, 0.3) is 0 Å². The van der Waals surface area contributed by atoms with Gasteiger partial charge in [0, 0.05) is 12.3 Å². The van der Waals surface area contributed by atoms with Gasteiger partial charge in [0.05, 0.1) is 0 Å². The minimum atomic E-state index is -1.27. The van der Waals surface area contributed by atoms with E-state index in [1.807, 2.05) is 6.08 Å². The third-order valence-corrected chi connectivity index (χ3v) is 8.80. The minimum Gasteiger partial charge on any atom is -0.475 e. The number of rotatable bonds is 2. The molecule has 0 unspecified atom stereocenters. The van der Waals surface area contributed by atoms with Crippen LogP contribution in [0.3, 0.4) is 0 Å². The van der Waals surface area contributed by atoms with Gasteiger partial charge in [-0.05, 0) is 79.1 Å². The van der Waals surface area contributed by atoms with Crippen LogP contribution in [0.4, 0.5) is 0 Å². The van der Waals surface area contributed by atoms with Gasteiger partial charge in [0.1, 0.15) is 0 Å². The summed E-state index contributed by atoms with van der Waals surface area (Å²) < 4.78 is 0. The first kappa shape index (κ1) is 17.9. The summed E-state index contributed by atoms with van der Waals surface area (Å²) in [5, 5.41) is 9.33. The average molecular weight is 358 g/mol. The summed E-state index contributed by atoms with van der Waals surface area (Å²) in [6, 6.07) is 0. The molecule has 4 heteroatoms. The number of hydrogen-bond acceptors (Lipinski definition) is 3. The van der Waals surface area contributed by atoms with Crippen LogP contribution in [0.1, 0.15) is 65.7 Å². The van der Waals surface area contributed by atoms with E-state index in [1.54, 1.807) is 0 Å². The number of hydrogen-bond donors (Lipinski definition) is 1. The molecular weight excluding hydrogens is 328 g/mol. The van der Waals surface area contributed by atoms with Gasteiger partial charge in [-0.3, -0.25) is 9.59 Å². The van der Waals surface area contributed by atoms with Crippen LogP contribution in [-0.4, -0.2) is 22.6 Å². The number of carboxylic acid groups (broad SMARTS) is 1. The van der Waals surface area contributed by atoms with Gasteiger partial charge >= 0.3 is 5.97 Å². The van der Waals surface area contributed by atoms with Crippen LogP contribution in [0.25, 0.3) is 0 Å². The Balaban J connectivity index is 1.68. The van der Waals surface area contributed by atoms with E-state index in [-0.39, 0.29) is 28.4 Å². The lowest BCUT2D eigenvalue weighted by atomic mass is 9.46. The van der Waals surface area contributed by atoms with Crippen LogP contribution in [-0.2, 0) is 14.4 Å². The lowest BCUT2D eigenvalue weighted by Crippen LogP contribution is -2.51. The molecule has 0 aromatic heterocycles. The standard InChI is InChI=1S/C22H30O4/c1-12-10-17-15-5-4-13-11-14(23)6-8-21(13,2)16(15)7-9-22(17,3)18(12)19(24)20(25)26/h11-12,15-18H,4-10H2,1-3H3,(H,25,26)/t12-,15-,16+,17+,18-,21+,22+/m1/s1. The van der Waals surface area contributed by atoms with Gasteiger partial charge in [-0.1, -0.05) is 26.3 Å². The van der Waals surface area contributed by atoms with Gasteiger partial charge in [0.15, 0.2) is 5.78 Å². The molecule has 4 aliphatic carbocycles. The monoisotopic (exact) mass is 358 g/mol. The molecule has 0 spiro atoms. The number of carbonyl (C=O) groups excluding carboxylic acids is 2. The molecule has 0 radical (unpaired) electrons. The SMILES string of the molecule is C[C@@H]1C[C@H]2[C@@H]3CCC4=CC(=O)CC[C@]4(C)[C@H]3CC[C@]2(C)[C@H]1C(=O)C(=O)O. The predicted molar refractivity (Wildman–Crippen MR) is 97.4 cm³/mol. The van der Waals surface area contributed by atoms with Crippen molar-refractivity contribution in [3.05, 3.63) is 11.6 Å². The Kier molecular flexibility index (Phi) is 3.98. The van der Waals surface area contributed by atoms with Crippen molar-refractivity contribution in [3.8, 4) is 0 Å². The number of Topliss-reactive ketones (excluding diaryl/α,β-unsaturated/α-hetero) is 1. The quantitative estimate of drug-likeness (QED) is 0.756. The van der Waals surface area contributed by atoms with Gasteiger partial charge in [0.2, 0.25) is 5.78 Å². The van der Waals surface area contributed by atoms with Crippen molar-refractivity contribution in [2.75, 3.05) is 0 Å². The van der Waals surface area contributed by atoms with Gasteiger partial charge in [-0.2, -0.15) is 0 Å². The summed E-state index contributed by atoms with van der Waals surface area (Å²) in [4.78, 5) is 35.8. The fourth-order valence-electron chi connectivity index (χ4n) is 7.61. The minimum absolute atomic E-state index is 0.121. The lowest BCUT2D eigenvalue weighted by Gasteiger charge is -2.58. The number of allylic oxidation sites excluding steroid dienone is 1. The van der Waals surface area contributed by atoms with E-state index >= 15 is 0 Å². The zero-order chi connectivity index (χ0) is 18.9. The fraction of sp³-hybridized carbons (Fsp3) is 0.773. The summed E-state index contributed by atoms with van der Waals surface area (Å²) in [5.41, 5.74) is 1.29. The summed E-state index contributed by atoms with van der Waals surface area (Å²) in [5.74, 6) is -0.214. The van der Waals surface area contributed by atoms with Crippen molar-refractivity contribution >= 4 is 17.5 Å². The molecule has 4 rings (SSSR count). The summed E-state index contributed by atoms with van der Waals surface area (Å²) in [6.07, 6.45) is 8.55. The zero-order valence-electron chi connectivity index (χ0n) is 16.1. The number of carbonyl (C=O) groups is 3. The summed E-state index contributed by atoms with van der Waals surface area (Å²) in [7, 11) is 0. The third-order valence-electron chi connectivity index (χ3n) is 8.80. The average Bonchev–Trinajstić information content (AvgIpc) is 2.85. The Morgan fingerprint density at radius 3 is 2.54 bits per heavy atom. The fourth-order valence-corrected chi connectivity index (χ4v) is 7.61. The van der Waals surface area contributed by atoms with Crippen molar-refractivity contribution in [1.82, 2.24) is 0 Å². The van der Waals surface area contributed by atoms with Crippen LogP contribution in [0.5, 0.6) is 0 Å². The topological polar surface area (TPSA) is 71.4 Å². The highest BCUT2D eigenvalue weighted by atomic mass is 16.4. The number of fused-ring (bicyclic) bond motifs is 5. The molecule has 4 aliphatic rings. The third kappa shape index (κ3) is 2.30. The van der Waals surface area contributed by atoms with Crippen LogP contribution in [0.15, 0.2) is 11.6 Å². The molecule has 4 nitrogen and oxygen atoms in total. The Labute approximate surface area is 155 Å². The van der Waals surface area contributed by atoms with E-state index in [2.05, 4.69) is 20.8 Å². The van der Waals surface area contributed by atoms with Gasteiger partial charge in [-0.25, -0.2) is 4.79 Å². The Hall–Kier alpha value is -1.45. The van der Waals surface area contributed by atoms with Crippen LogP contribution in [0.2, 0.25) is 0 Å². The first-order valence-corrected chi connectivity index (χ1v) is 10.2. The Morgan fingerprint density at radius 2 is 1.85 bits per heavy atom. The molecule has 7 atom stereocenters. The van der Waals surface area contributed by atoms with E-state index < -0.39 is 11.8 Å². The first-order chi connectivity index (χ1) is 12.2. The highest BCUT2D eigenvalue weighted by Crippen LogP contribution is 2.67. The number of aliphatic carboxylic acids is 1. The maximum atomic E-state index is 12.5. The van der Waals surface area contributed by atoms with E-state index in [1.165, 1.54) is 5.57 Å². The van der Waals surface area contributed by atoms with Gasteiger partial charge in [-0.15, -0.1) is 0 Å². The Morgan fingerprint density at radius 1 is 1.12 bits per heavy atom. The normalized spacial score (nSPS) is 47.4. The van der Waals surface area contributed by atoms with E-state index in [0.29, 0.717) is 24.2 Å². The van der Waals surface area contributed by atoms with Crippen LogP contribution in [0, 0.1) is 40.4 Å². The van der Waals surface area contributed by atoms with Crippen LogP contribution < -0.4 is 0 Å². The second kappa shape index (κ2) is 5.77.